The van der Waals surface area contributed by atoms with Gasteiger partial charge < -0.3 is 5.11 Å². The Balaban J connectivity index is 2.21. The average molecular weight is 305 g/mol. The van der Waals surface area contributed by atoms with Gasteiger partial charge in [0, 0.05) is 21.2 Å². The second-order valence-electron chi connectivity index (χ2n) is 5.10. The lowest BCUT2D eigenvalue weighted by atomic mass is 10.2. The molecule has 0 atom stereocenters. The van der Waals surface area contributed by atoms with E-state index in [1.807, 2.05) is 36.4 Å². The Morgan fingerprint density at radius 2 is 1.23 bits per heavy atom. The third kappa shape index (κ3) is 1.83. The van der Waals surface area contributed by atoms with E-state index in [0.717, 1.165) is 4.90 Å². The molecule has 3 aromatic carbocycles. The van der Waals surface area contributed by atoms with Crippen LogP contribution in [0.3, 0.4) is 0 Å². The molecule has 0 saturated carbocycles. The van der Waals surface area contributed by atoms with Crippen molar-refractivity contribution in [2.45, 2.75) is 0 Å². The summed E-state index contributed by atoms with van der Waals surface area (Å²) in [6.45, 7) is 0. The van der Waals surface area contributed by atoms with Crippen molar-refractivity contribution in [1.29, 1.82) is 0 Å². The zero-order valence-corrected chi connectivity index (χ0v) is 12.5. The van der Waals surface area contributed by atoms with Gasteiger partial charge in [-0.15, -0.1) is 0 Å². The van der Waals surface area contributed by atoms with Crippen LogP contribution in [0.15, 0.2) is 72.8 Å². The highest BCUT2D eigenvalue weighted by Gasteiger charge is 2.27. The van der Waals surface area contributed by atoms with Gasteiger partial charge in [-0.2, -0.15) is 0 Å². The molecule has 0 aliphatic carbocycles. The lowest BCUT2D eigenvalue weighted by molar-refractivity contribution is 0.0698. The van der Waals surface area contributed by atoms with Gasteiger partial charge >= 0.3 is 5.97 Å². The van der Waals surface area contributed by atoms with Crippen LogP contribution in [0.2, 0.25) is 0 Å². The number of benzene rings is 3. The van der Waals surface area contributed by atoms with E-state index in [2.05, 4.69) is 24.3 Å². The largest absolute Gasteiger partial charge is 0.477 e. The standard InChI is InChI=1S/C19H12O2S/c20-19(21)15-9-3-6-12-18(15)22-16-10-4-1-7-13(16)14-8-2-5-11-17(14)22/h1-12H/p+1. The molecule has 2 nitrogen and oxygen atoms in total. The number of aromatic carboxylic acids is 1. The smallest absolute Gasteiger partial charge is 0.341 e. The van der Waals surface area contributed by atoms with Crippen molar-refractivity contribution in [3.63, 3.8) is 0 Å². The van der Waals surface area contributed by atoms with Crippen LogP contribution in [0.5, 0.6) is 0 Å². The minimum atomic E-state index is -0.870. The van der Waals surface area contributed by atoms with Gasteiger partial charge in [0.05, 0.1) is 0 Å². The minimum Gasteiger partial charge on any atom is -0.477 e. The summed E-state index contributed by atoms with van der Waals surface area (Å²) in [5.41, 5.74) is 0.386. The van der Waals surface area contributed by atoms with Crippen molar-refractivity contribution in [2.24, 2.45) is 0 Å². The van der Waals surface area contributed by atoms with Crippen LogP contribution in [0.25, 0.3) is 25.1 Å². The predicted molar refractivity (Wildman–Crippen MR) is 92.2 cm³/mol. The maximum Gasteiger partial charge on any atom is 0.341 e. The number of hydrogen-bond donors (Lipinski definition) is 1. The second kappa shape index (κ2) is 4.97. The minimum absolute atomic E-state index is 0.354. The molecule has 0 aliphatic heterocycles. The van der Waals surface area contributed by atoms with E-state index in [0.29, 0.717) is 5.56 Å². The molecule has 3 heteroatoms. The molecule has 4 rings (SSSR count). The molecular weight excluding hydrogens is 292 g/mol. The van der Waals surface area contributed by atoms with Gasteiger partial charge in [-0.1, -0.05) is 36.4 Å². The normalized spacial score (nSPS) is 11.1. The van der Waals surface area contributed by atoms with Gasteiger partial charge in [0.25, 0.3) is 0 Å². The molecule has 1 N–H and O–H groups in total. The number of fused-ring (bicyclic) bond motifs is 3. The zero-order valence-electron chi connectivity index (χ0n) is 11.7. The highest BCUT2D eigenvalue weighted by atomic mass is 32.2. The van der Waals surface area contributed by atoms with E-state index >= 15 is 0 Å². The molecule has 4 aromatic rings. The molecule has 1 aromatic heterocycles. The molecule has 1 heterocycles. The van der Waals surface area contributed by atoms with Crippen molar-refractivity contribution in [1.82, 2.24) is 0 Å². The van der Waals surface area contributed by atoms with Gasteiger partial charge in [0.1, 0.15) is 5.56 Å². The van der Waals surface area contributed by atoms with Crippen molar-refractivity contribution in [2.75, 3.05) is 0 Å². The lowest BCUT2D eigenvalue weighted by Crippen LogP contribution is -1.97. The first-order chi connectivity index (χ1) is 10.8. The van der Waals surface area contributed by atoms with Crippen molar-refractivity contribution in [3.05, 3.63) is 78.4 Å². The van der Waals surface area contributed by atoms with Gasteiger partial charge in [-0.05, 0) is 36.4 Å². The predicted octanol–water partition coefficient (Wildman–Crippen LogP) is 5.43. The van der Waals surface area contributed by atoms with Crippen LogP contribution in [0.1, 0.15) is 10.4 Å². The maximum atomic E-state index is 11.6. The van der Waals surface area contributed by atoms with Crippen LogP contribution < -0.4 is 0 Å². The zero-order chi connectivity index (χ0) is 15.1. The Bertz CT molecular complexity index is 961. The van der Waals surface area contributed by atoms with Crippen LogP contribution in [-0.2, 0) is 0 Å². The summed E-state index contributed by atoms with van der Waals surface area (Å²) in [5, 5.41) is 11.9. The summed E-state index contributed by atoms with van der Waals surface area (Å²) in [6.07, 6.45) is 0. The number of carboxylic acid groups (broad SMARTS) is 1. The summed E-state index contributed by atoms with van der Waals surface area (Å²) in [5.74, 6) is -0.870. The van der Waals surface area contributed by atoms with Gasteiger partial charge in [0.15, 0.2) is 14.3 Å². The fraction of sp³-hybridized carbons (Fsp3) is 0. The highest BCUT2D eigenvalue weighted by Crippen LogP contribution is 2.49. The molecule has 0 spiro atoms. The summed E-state index contributed by atoms with van der Waals surface area (Å²) in [7, 11) is -0.354. The Morgan fingerprint density at radius 3 is 1.82 bits per heavy atom. The Labute approximate surface area is 130 Å². The monoisotopic (exact) mass is 305 g/mol. The molecule has 0 amide bonds. The van der Waals surface area contributed by atoms with E-state index in [1.54, 1.807) is 12.1 Å². The molecule has 0 saturated heterocycles. The molecule has 0 fully saturated rings. The number of rotatable bonds is 2. The first-order valence-electron chi connectivity index (χ1n) is 7.02. The Hall–Kier alpha value is -2.65. The van der Waals surface area contributed by atoms with Crippen LogP contribution in [0, 0.1) is 0 Å². The van der Waals surface area contributed by atoms with E-state index in [4.69, 9.17) is 0 Å². The van der Waals surface area contributed by atoms with Crippen molar-refractivity contribution < 1.29 is 9.90 Å². The average Bonchev–Trinajstić information content (AvgIpc) is 2.89. The summed E-state index contributed by atoms with van der Waals surface area (Å²) in [4.78, 5) is 12.5. The van der Waals surface area contributed by atoms with Crippen LogP contribution in [-0.4, -0.2) is 11.1 Å². The molecule has 0 unspecified atom stereocenters. The molecule has 0 radical (unpaired) electrons. The van der Waals surface area contributed by atoms with E-state index in [-0.39, 0.29) is 10.5 Å². The number of carboxylic acids is 1. The fourth-order valence-electron chi connectivity index (χ4n) is 2.91. The lowest BCUT2D eigenvalue weighted by Gasteiger charge is -1.98. The summed E-state index contributed by atoms with van der Waals surface area (Å²) >= 11 is 0. The van der Waals surface area contributed by atoms with Crippen LogP contribution >= 0.6 is 10.5 Å². The Kier molecular flexibility index (Phi) is 2.94. The SMILES string of the molecule is O=C(O)c1ccccc1-[s+]1c2ccccc2c2ccccc21. The number of carbonyl (C=O) groups is 1. The van der Waals surface area contributed by atoms with E-state index in [9.17, 15) is 9.90 Å². The third-order valence-corrected chi connectivity index (χ3v) is 6.23. The first kappa shape index (κ1) is 13.0. The van der Waals surface area contributed by atoms with Crippen molar-refractivity contribution >= 4 is 36.6 Å². The summed E-state index contributed by atoms with van der Waals surface area (Å²) < 4.78 is 2.41. The molecular formula is C19H13O2S+. The Morgan fingerprint density at radius 1 is 0.727 bits per heavy atom. The van der Waals surface area contributed by atoms with Crippen LogP contribution in [0.4, 0.5) is 0 Å². The van der Waals surface area contributed by atoms with E-state index in [1.165, 1.54) is 20.2 Å². The number of thiophene rings is 1. The third-order valence-electron chi connectivity index (χ3n) is 3.84. The summed E-state index contributed by atoms with van der Waals surface area (Å²) in [6, 6.07) is 23.9. The number of hydrogen-bond acceptors (Lipinski definition) is 1. The topological polar surface area (TPSA) is 37.3 Å². The molecule has 106 valence electrons. The van der Waals surface area contributed by atoms with E-state index < -0.39 is 5.97 Å². The van der Waals surface area contributed by atoms with Gasteiger partial charge in [0.2, 0.25) is 0 Å². The maximum absolute atomic E-state index is 11.6. The fourth-order valence-corrected chi connectivity index (χ4v) is 5.44. The quantitative estimate of drug-likeness (QED) is 0.501. The van der Waals surface area contributed by atoms with Gasteiger partial charge in [-0.25, -0.2) is 4.79 Å². The highest BCUT2D eigenvalue weighted by molar-refractivity contribution is 7.50. The first-order valence-corrected chi connectivity index (χ1v) is 8.25. The van der Waals surface area contributed by atoms with Crippen molar-refractivity contribution in [3.8, 4) is 4.90 Å². The molecule has 0 bridgehead atoms. The molecule has 22 heavy (non-hydrogen) atoms. The molecule has 0 aliphatic rings. The second-order valence-corrected chi connectivity index (χ2v) is 7.03. The van der Waals surface area contributed by atoms with Gasteiger partial charge in [-0.3, -0.25) is 0 Å².